The molecule has 0 radical (unpaired) electrons. The van der Waals surface area contributed by atoms with Crippen LogP contribution in [-0.2, 0) is 4.74 Å². The van der Waals surface area contributed by atoms with Crippen LogP contribution in [0.4, 0.5) is 0 Å². The SMILES string of the molecule is CN=C(NCCCN1CCCCC1C)NCC1(C)CCCO1.I. The maximum Gasteiger partial charge on any atom is 0.191 e. The van der Waals surface area contributed by atoms with Gasteiger partial charge in [-0.1, -0.05) is 6.42 Å². The second kappa shape index (κ2) is 10.7. The fourth-order valence-corrected chi connectivity index (χ4v) is 3.45. The van der Waals surface area contributed by atoms with Gasteiger partial charge in [-0.05, 0) is 52.5 Å². The highest BCUT2D eigenvalue weighted by Crippen LogP contribution is 2.23. The first kappa shape index (κ1) is 21.0. The number of piperidine rings is 1. The highest BCUT2D eigenvalue weighted by Gasteiger charge is 2.29. The van der Waals surface area contributed by atoms with Crippen molar-refractivity contribution >= 4 is 29.9 Å². The van der Waals surface area contributed by atoms with Crippen LogP contribution in [0.15, 0.2) is 4.99 Å². The number of hydrogen-bond acceptors (Lipinski definition) is 3. The van der Waals surface area contributed by atoms with Gasteiger partial charge in [-0.2, -0.15) is 0 Å². The van der Waals surface area contributed by atoms with Crippen molar-refractivity contribution in [2.75, 3.05) is 39.8 Å². The highest BCUT2D eigenvalue weighted by atomic mass is 127. The second-order valence-corrected chi connectivity index (χ2v) is 6.99. The van der Waals surface area contributed by atoms with Crippen LogP contribution in [0, 0.1) is 0 Å². The zero-order chi connectivity index (χ0) is 15.8. The van der Waals surface area contributed by atoms with E-state index in [0.29, 0.717) is 0 Å². The van der Waals surface area contributed by atoms with Gasteiger partial charge in [0.15, 0.2) is 5.96 Å². The number of nitrogens with zero attached hydrogens (tertiary/aromatic N) is 2. The number of likely N-dealkylation sites (tertiary alicyclic amines) is 1. The van der Waals surface area contributed by atoms with Gasteiger partial charge in [-0.3, -0.25) is 4.99 Å². The molecule has 2 saturated heterocycles. The summed E-state index contributed by atoms with van der Waals surface area (Å²) < 4.78 is 5.80. The highest BCUT2D eigenvalue weighted by molar-refractivity contribution is 14.0. The van der Waals surface area contributed by atoms with Crippen LogP contribution in [-0.4, -0.2) is 62.3 Å². The molecule has 2 aliphatic rings. The fourth-order valence-electron chi connectivity index (χ4n) is 3.45. The van der Waals surface area contributed by atoms with Gasteiger partial charge in [-0.15, -0.1) is 24.0 Å². The first-order valence-corrected chi connectivity index (χ1v) is 8.95. The van der Waals surface area contributed by atoms with E-state index in [1.165, 1.54) is 38.8 Å². The van der Waals surface area contributed by atoms with Crippen molar-refractivity contribution < 1.29 is 4.74 Å². The van der Waals surface area contributed by atoms with E-state index in [4.69, 9.17) is 4.74 Å². The monoisotopic (exact) mass is 438 g/mol. The molecule has 2 N–H and O–H groups in total. The Hall–Kier alpha value is -0.0800. The van der Waals surface area contributed by atoms with E-state index in [0.717, 1.165) is 44.5 Å². The van der Waals surface area contributed by atoms with Crippen LogP contribution in [0.5, 0.6) is 0 Å². The van der Waals surface area contributed by atoms with Gasteiger partial charge in [0.1, 0.15) is 0 Å². The van der Waals surface area contributed by atoms with E-state index in [9.17, 15) is 0 Å². The molecule has 5 nitrogen and oxygen atoms in total. The topological polar surface area (TPSA) is 48.9 Å². The van der Waals surface area contributed by atoms with E-state index in [2.05, 4.69) is 34.4 Å². The fraction of sp³-hybridized carbons (Fsp3) is 0.941. The van der Waals surface area contributed by atoms with E-state index in [1.807, 2.05) is 7.05 Å². The molecule has 0 bridgehead atoms. The molecule has 0 saturated carbocycles. The molecule has 2 fully saturated rings. The lowest BCUT2D eigenvalue weighted by atomic mass is 10.0. The third kappa shape index (κ3) is 7.13. The van der Waals surface area contributed by atoms with Crippen LogP contribution in [0.1, 0.15) is 52.4 Å². The predicted octanol–water partition coefficient (Wildman–Crippen LogP) is 2.60. The van der Waals surface area contributed by atoms with Crippen molar-refractivity contribution in [3.63, 3.8) is 0 Å². The third-order valence-corrected chi connectivity index (χ3v) is 5.01. The van der Waals surface area contributed by atoms with Crippen LogP contribution >= 0.6 is 24.0 Å². The van der Waals surface area contributed by atoms with E-state index in [-0.39, 0.29) is 29.6 Å². The summed E-state index contributed by atoms with van der Waals surface area (Å²) >= 11 is 0. The van der Waals surface area contributed by atoms with Crippen molar-refractivity contribution in [1.82, 2.24) is 15.5 Å². The normalized spacial score (nSPS) is 29.2. The summed E-state index contributed by atoms with van der Waals surface area (Å²) in [7, 11) is 1.83. The lowest BCUT2D eigenvalue weighted by Crippen LogP contribution is -2.46. The van der Waals surface area contributed by atoms with Crippen LogP contribution in [0.2, 0.25) is 0 Å². The molecule has 2 heterocycles. The summed E-state index contributed by atoms with van der Waals surface area (Å²) in [6, 6.07) is 0.755. The van der Waals surface area contributed by atoms with Gasteiger partial charge < -0.3 is 20.3 Å². The van der Waals surface area contributed by atoms with Crippen LogP contribution in [0.25, 0.3) is 0 Å². The Morgan fingerprint density at radius 2 is 2.13 bits per heavy atom. The Kier molecular flexibility index (Phi) is 9.77. The number of rotatable bonds is 6. The van der Waals surface area contributed by atoms with Crippen molar-refractivity contribution in [2.45, 2.75) is 64.0 Å². The summed E-state index contributed by atoms with van der Waals surface area (Å²) in [6.45, 7) is 9.68. The molecule has 0 aromatic rings. The van der Waals surface area contributed by atoms with Crippen LogP contribution in [0.3, 0.4) is 0 Å². The summed E-state index contributed by atoms with van der Waals surface area (Å²) in [5, 5.41) is 6.82. The lowest BCUT2D eigenvalue weighted by Gasteiger charge is -2.33. The first-order chi connectivity index (χ1) is 10.6. The van der Waals surface area contributed by atoms with Crippen molar-refractivity contribution in [3.8, 4) is 0 Å². The molecule has 2 rings (SSSR count). The van der Waals surface area contributed by atoms with E-state index in [1.54, 1.807) is 0 Å². The van der Waals surface area contributed by atoms with Gasteiger partial charge >= 0.3 is 0 Å². The Morgan fingerprint density at radius 3 is 2.78 bits per heavy atom. The largest absolute Gasteiger partial charge is 0.373 e. The Labute approximate surface area is 159 Å². The number of nitrogens with one attached hydrogen (secondary N) is 2. The summed E-state index contributed by atoms with van der Waals surface area (Å²) in [5.74, 6) is 0.892. The number of hydrogen-bond donors (Lipinski definition) is 2. The lowest BCUT2D eigenvalue weighted by molar-refractivity contribution is 0.0243. The standard InChI is InChI=1S/C17H34N4O.HI/c1-15-8-4-5-11-21(15)12-7-10-19-16(18-3)20-14-17(2)9-6-13-22-17;/h15H,4-14H2,1-3H3,(H2,18,19,20);1H. The molecular formula is C17H35IN4O. The first-order valence-electron chi connectivity index (χ1n) is 8.95. The van der Waals surface area contributed by atoms with Crippen molar-refractivity contribution in [3.05, 3.63) is 0 Å². The minimum atomic E-state index is -0.0269. The van der Waals surface area contributed by atoms with Gasteiger partial charge in [0, 0.05) is 39.3 Å². The minimum absolute atomic E-state index is 0. The average molecular weight is 438 g/mol. The maximum absolute atomic E-state index is 5.80. The Bertz CT molecular complexity index is 359. The van der Waals surface area contributed by atoms with E-state index < -0.39 is 0 Å². The minimum Gasteiger partial charge on any atom is -0.373 e. The molecule has 0 amide bonds. The zero-order valence-electron chi connectivity index (χ0n) is 15.1. The molecule has 2 atom stereocenters. The van der Waals surface area contributed by atoms with Gasteiger partial charge in [0.05, 0.1) is 5.60 Å². The summed E-state index contributed by atoms with van der Waals surface area (Å²) in [4.78, 5) is 6.92. The quantitative estimate of drug-likeness (QED) is 0.290. The smallest absolute Gasteiger partial charge is 0.191 e. The van der Waals surface area contributed by atoms with Gasteiger partial charge in [0.2, 0.25) is 0 Å². The van der Waals surface area contributed by atoms with Crippen molar-refractivity contribution in [1.29, 1.82) is 0 Å². The van der Waals surface area contributed by atoms with Crippen LogP contribution < -0.4 is 10.6 Å². The number of ether oxygens (including phenoxy) is 1. The number of guanidine groups is 1. The predicted molar refractivity (Wildman–Crippen MR) is 108 cm³/mol. The van der Waals surface area contributed by atoms with Gasteiger partial charge in [0.25, 0.3) is 0 Å². The molecule has 0 aromatic heterocycles. The average Bonchev–Trinajstić information content (AvgIpc) is 2.95. The summed E-state index contributed by atoms with van der Waals surface area (Å²) in [5.41, 5.74) is -0.0269. The zero-order valence-corrected chi connectivity index (χ0v) is 17.4. The molecule has 23 heavy (non-hydrogen) atoms. The Morgan fingerprint density at radius 1 is 1.30 bits per heavy atom. The Balaban J connectivity index is 0.00000264. The summed E-state index contributed by atoms with van der Waals surface area (Å²) in [6.07, 6.45) is 7.57. The molecule has 136 valence electrons. The number of halogens is 1. The van der Waals surface area contributed by atoms with Crippen molar-refractivity contribution in [2.24, 2.45) is 4.99 Å². The third-order valence-electron chi connectivity index (χ3n) is 5.01. The molecule has 2 unspecified atom stereocenters. The molecule has 6 heteroatoms. The maximum atomic E-state index is 5.80. The van der Waals surface area contributed by atoms with E-state index >= 15 is 0 Å². The molecule has 0 aliphatic carbocycles. The molecule has 2 aliphatic heterocycles. The van der Waals surface area contributed by atoms with Gasteiger partial charge in [-0.25, -0.2) is 0 Å². The second-order valence-electron chi connectivity index (χ2n) is 6.99. The number of aliphatic imine (C=N–C) groups is 1. The molecule has 0 aromatic carbocycles. The molecule has 0 spiro atoms. The molecular weight excluding hydrogens is 403 g/mol.